The third-order valence-corrected chi connectivity index (χ3v) is 5.46. The fourth-order valence-corrected chi connectivity index (χ4v) is 3.01. The second kappa shape index (κ2) is 10.7. The van der Waals surface area contributed by atoms with Gasteiger partial charge in [0.15, 0.2) is 17.5 Å². The van der Waals surface area contributed by atoms with E-state index in [1.807, 2.05) is 0 Å². The van der Waals surface area contributed by atoms with Crippen LogP contribution in [0.1, 0.15) is 30.6 Å². The van der Waals surface area contributed by atoms with E-state index in [9.17, 15) is 39.6 Å². The molecule has 2 heterocycles. The lowest BCUT2D eigenvalue weighted by molar-refractivity contribution is -0.148. The third kappa shape index (κ3) is 7.39. The molecule has 1 aromatic carbocycles. The zero-order valence-electron chi connectivity index (χ0n) is 17.7. The molecule has 0 fully saturated rings. The van der Waals surface area contributed by atoms with Crippen molar-refractivity contribution in [2.24, 2.45) is 5.73 Å². The Labute approximate surface area is 190 Å². The molecule has 2 aromatic rings. The maximum absolute atomic E-state index is 13.7. The van der Waals surface area contributed by atoms with Gasteiger partial charge < -0.3 is 15.2 Å². The Bertz CT molecular complexity index is 1140. The first-order valence-electron chi connectivity index (χ1n) is 9.73. The molecule has 0 bridgehead atoms. The van der Waals surface area contributed by atoms with E-state index in [4.69, 9.17) is 10.3 Å². The van der Waals surface area contributed by atoms with Crippen molar-refractivity contribution in [1.82, 2.24) is 19.7 Å². The summed E-state index contributed by atoms with van der Waals surface area (Å²) in [5.41, 5.74) is 5.64. The molecule has 3 N–H and O–H groups in total. The Morgan fingerprint density at radius 1 is 1.15 bits per heavy atom. The van der Waals surface area contributed by atoms with Gasteiger partial charge in [0.1, 0.15) is 5.82 Å². The molecule has 1 amide bonds. The van der Waals surface area contributed by atoms with Gasteiger partial charge in [0.2, 0.25) is 11.7 Å². The molecule has 0 spiro atoms. The van der Waals surface area contributed by atoms with Crippen molar-refractivity contribution in [2.75, 3.05) is 12.3 Å². The number of nitrogens with two attached hydrogens (primary N) is 1. The average Bonchev–Trinajstić information content (AvgIpc) is 3.15. The second-order valence-corrected chi connectivity index (χ2v) is 9.04. The summed E-state index contributed by atoms with van der Waals surface area (Å²) in [5.74, 6) is -5.35. The molecule has 1 aliphatic heterocycles. The summed E-state index contributed by atoms with van der Waals surface area (Å²) in [6, 6.07) is 0.184. The SMILES string of the molecule is CCS(=O)(=O)O.N[C@@H](CC(=O)N1CCn2c(nnc2C(F)(F)F)C1)Cc1cc(F)c(F)cc1F. The lowest BCUT2D eigenvalue weighted by Gasteiger charge is -2.29. The summed E-state index contributed by atoms with van der Waals surface area (Å²) >= 11 is 0. The minimum Gasteiger partial charge on any atom is -0.333 e. The normalized spacial score (nSPS) is 14.8. The topological polar surface area (TPSA) is 131 Å². The second-order valence-electron chi connectivity index (χ2n) is 7.30. The van der Waals surface area contributed by atoms with Crippen LogP contribution in [0.5, 0.6) is 0 Å². The van der Waals surface area contributed by atoms with E-state index < -0.39 is 51.5 Å². The zero-order valence-corrected chi connectivity index (χ0v) is 18.5. The van der Waals surface area contributed by atoms with E-state index >= 15 is 0 Å². The number of benzene rings is 1. The summed E-state index contributed by atoms with van der Waals surface area (Å²) in [5, 5.41) is 6.60. The monoisotopic (exact) mass is 517 g/mol. The van der Waals surface area contributed by atoms with Crippen molar-refractivity contribution in [2.45, 2.75) is 45.1 Å². The molecule has 0 radical (unpaired) electrons. The van der Waals surface area contributed by atoms with Gasteiger partial charge in [0, 0.05) is 31.6 Å². The van der Waals surface area contributed by atoms with Crippen LogP contribution in [-0.4, -0.2) is 56.9 Å². The van der Waals surface area contributed by atoms with Crippen LogP contribution in [0, 0.1) is 17.5 Å². The molecule has 190 valence electrons. The Hall–Kier alpha value is -2.72. The van der Waals surface area contributed by atoms with Crippen molar-refractivity contribution >= 4 is 16.0 Å². The number of hydrogen-bond donors (Lipinski definition) is 2. The zero-order chi connectivity index (χ0) is 25.8. The fraction of sp³-hybridized carbons (Fsp3) is 0.500. The maximum atomic E-state index is 13.7. The molecule has 16 heteroatoms. The Morgan fingerprint density at radius 2 is 1.74 bits per heavy atom. The summed E-state index contributed by atoms with van der Waals surface area (Å²) < 4.78 is 106. The highest BCUT2D eigenvalue weighted by molar-refractivity contribution is 7.85. The summed E-state index contributed by atoms with van der Waals surface area (Å²) in [4.78, 5) is 13.6. The van der Waals surface area contributed by atoms with Crippen LogP contribution in [0.15, 0.2) is 12.1 Å². The summed E-state index contributed by atoms with van der Waals surface area (Å²) in [6.07, 6.45) is -5.11. The fourth-order valence-electron chi connectivity index (χ4n) is 3.01. The van der Waals surface area contributed by atoms with Crippen molar-refractivity contribution in [3.05, 3.63) is 46.8 Å². The first-order chi connectivity index (χ1) is 15.6. The van der Waals surface area contributed by atoms with E-state index in [0.29, 0.717) is 12.1 Å². The van der Waals surface area contributed by atoms with Crippen LogP contribution in [0.3, 0.4) is 0 Å². The van der Waals surface area contributed by atoms with Crippen LogP contribution in [0.25, 0.3) is 0 Å². The molecule has 1 aromatic heterocycles. The molecule has 1 aliphatic rings. The molecule has 0 saturated carbocycles. The van der Waals surface area contributed by atoms with Gasteiger partial charge in [0.05, 0.1) is 12.3 Å². The third-order valence-electron chi connectivity index (χ3n) is 4.73. The van der Waals surface area contributed by atoms with E-state index in [2.05, 4.69) is 10.2 Å². The van der Waals surface area contributed by atoms with Gasteiger partial charge in [-0.05, 0) is 25.0 Å². The lowest BCUT2D eigenvalue weighted by Crippen LogP contribution is -2.42. The number of carbonyl (C=O) groups is 1. The Kier molecular flexibility index (Phi) is 8.65. The first kappa shape index (κ1) is 27.5. The number of nitrogens with zero attached hydrogens (tertiary/aromatic N) is 4. The van der Waals surface area contributed by atoms with E-state index in [0.717, 1.165) is 4.57 Å². The minimum atomic E-state index is -4.64. The number of aromatic nitrogens is 3. The molecule has 34 heavy (non-hydrogen) atoms. The average molecular weight is 517 g/mol. The first-order valence-corrected chi connectivity index (χ1v) is 11.3. The van der Waals surface area contributed by atoms with E-state index in [1.54, 1.807) is 0 Å². The minimum absolute atomic E-state index is 0.000783. The number of halogens is 6. The number of fused-ring (bicyclic) bond motifs is 1. The maximum Gasteiger partial charge on any atom is 0.451 e. The van der Waals surface area contributed by atoms with Gasteiger partial charge in [-0.1, -0.05) is 0 Å². The van der Waals surface area contributed by atoms with Gasteiger partial charge in [-0.3, -0.25) is 9.35 Å². The number of amides is 1. The molecule has 0 aliphatic carbocycles. The highest BCUT2D eigenvalue weighted by atomic mass is 32.2. The van der Waals surface area contributed by atoms with Crippen LogP contribution < -0.4 is 5.73 Å². The largest absolute Gasteiger partial charge is 0.451 e. The molecule has 0 unspecified atom stereocenters. The van der Waals surface area contributed by atoms with Crippen LogP contribution in [-0.2, 0) is 40.6 Å². The van der Waals surface area contributed by atoms with Crippen LogP contribution >= 0.6 is 0 Å². The molecule has 3 rings (SSSR count). The van der Waals surface area contributed by atoms with Gasteiger partial charge in [-0.15, -0.1) is 10.2 Å². The van der Waals surface area contributed by atoms with Crippen molar-refractivity contribution in [3.8, 4) is 0 Å². The predicted molar refractivity (Wildman–Crippen MR) is 105 cm³/mol. The standard InChI is InChI=1S/C16H15F6N5O.C2H6O3S/c17-10-6-12(19)11(18)4-8(10)3-9(23)5-14(28)26-1-2-27-13(7-26)24-25-15(27)16(20,21)22;1-2-6(3,4)5/h4,6,9H,1-3,5,7,23H2;2H2,1H3,(H,3,4,5)/t9-;/m1./s1. The van der Waals surface area contributed by atoms with Gasteiger partial charge >= 0.3 is 6.18 Å². The predicted octanol–water partition coefficient (Wildman–Crippen LogP) is 1.91. The smallest absolute Gasteiger partial charge is 0.333 e. The number of hydrogen-bond acceptors (Lipinski definition) is 6. The molecular weight excluding hydrogens is 496 g/mol. The Morgan fingerprint density at radius 3 is 2.29 bits per heavy atom. The van der Waals surface area contributed by atoms with Gasteiger partial charge in [-0.25, -0.2) is 13.2 Å². The molecular formula is C18H21F6N5O4S. The summed E-state index contributed by atoms with van der Waals surface area (Å²) in [6.45, 7) is 1.07. The van der Waals surface area contributed by atoms with Crippen LogP contribution in [0.2, 0.25) is 0 Å². The van der Waals surface area contributed by atoms with Gasteiger partial charge in [-0.2, -0.15) is 21.6 Å². The van der Waals surface area contributed by atoms with E-state index in [1.165, 1.54) is 11.8 Å². The molecule has 9 nitrogen and oxygen atoms in total. The Balaban J connectivity index is 0.000000604. The van der Waals surface area contributed by atoms with Gasteiger partial charge in [0.25, 0.3) is 10.1 Å². The van der Waals surface area contributed by atoms with Crippen molar-refractivity contribution < 1.29 is 44.1 Å². The number of alkyl halides is 3. The summed E-state index contributed by atoms with van der Waals surface area (Å²) in [7, 11) is -3.66. The van der Waals surface area contributed by atoms with Crippen molar-refractivity contribution in [3.63, 3.8) is 0 Å². The quantitative estimate of drug-likeness (QED) is 0.352. The number of carbonyl (C=O) groups excluding carboxylic acids is 1. The highest BCUT2D eigenvalue weighted by Crippen LogP contribution is 2.29. The van der Waals surface area contributed by atoms with Crippen molar-refractivity contribution in [1.29, 1.82) is 0 Å². The highest BCUT2D eigenvalue weighted by Gasteiger charge is 2.40. The molecule has 1 atom stereocenters. The lowest BCUT2D eigenvalue weighted by atomic mass is 10.0. The van der Waals surface area contributed by atoms with E-state index in [-0.39, 0.29) is 49.6 Å². The van der Waals surface area contributed by atoms with Crippen LogP contribution in [0.4, 0.5) is 26.3 Å². The molecule has 0 saturated heterocycles. The number of rotatable bonds is 5.